The fourth-order valence-electron chi connectivity index (χ4n) is 5.72. The van der Waals surface area contributed by atoms with Crippen molar-refractivity contribution in [3.8, 4) is 0 Å². The number of nitrogens with zero attached hydrogens (tertiary/aromatic N) is 3. The van der Waals surface area contributed by atoms with Crippen molar-refractivity contribution < 1.29 is 4.39 Å². The van der Waals surface area contributed by atoms with Gasteiger partial charge in [-0.15, -0.1) is 0 Å². The Balaban J connectivity index is 1.70. The third kappa shape index (κ3) is 3.94. The van der Waals surface area contributed by atoms with Crippen LogP contribution in [0.4, 0.5) is 4.39 Å². The topological polar surface area (TPSA) is 9.72 Å². The molecule has 2 unspecified atom stereocenters. The summed E-state index contributed by atoms with van der Waals surface area (Å²) in [5.41, 5.74) is 1.21. The number of hydrogen-bond donors (Lipinski definition) is 0. The van der Waals surface area contributed by atoms with Gasteiger partial charge in [-0.2, -0.15) is 0 Å². The second kappa shape index (κ2) is 8.59. The SMILES string of the molecule is CN1CCN(C2CCCC(F)N2C2(c3ccccc3)CCCCCC2)CC1. The van der Waals surface area contributed by atoms with E-state index in [1.165, 1.54) is 31.2 Å². The van der Waals surface area contributed by atoms with E-state index in [2.05, 4.69) is 52.1 Å². The van der Waals surface area contributed by atoms with Gasteiger partial charge in [0.25, 0.3) is 0 Å². The van der Waals surface area contributed by atoms with Crippen molar-refractivity contribution in [3.05, 3.63) is 35.9 Å². The Morgan fingerprint density at radius 2 is 1.52 bits per heavy atom. The maximum absolute atomic E-state index is 15.7. The zero-order valence-electron chi connectivity index (χ0n) is 17.0. The van der Waals surface area contributed by atoms with Crippen LogP contribution in [0.3, 0.4) is 0 Å². The predicted octanol–water partition coefficient (Wildman–Crippen LogP) is 4.59. The number of likely N-dealkylation sites (N-methyl/N-ethyl adjacent to an activating group) is 1. The fourth-order valence-corrected chi connectivity index (χ4v) is 5.72. The monoisotopic (exact) mass is 373 g/mol. The lowest BCUT2D eigenvalue weighted by atomic mass is 9.79. The van der Waals surface area contributed by atoms with Gasteiger partial charge in [-0.3, -0.25) is 4.90 Å². The largest absolute Gasteiger partial charge is 0.304 e. The third-order valence-electron chi connectivity index (χ3n) is 7.22. The fraction of sp³-hybridized carbons (Fsp3) is 0.739. The van der Waals surface area contributed by atoms with Crippen molar-refractivity contribution in [2.45, 2.75) is 75.8 Å². The highest BCUT2D eigenvalue weighted by Crippen LogP contribution is 2.47. The summed E-state index contributed by atoms with van der Waals surface area (Å²) in [7, 11) is 2.20. The lowest BCUT2D eigenvalue weighted by molar-refractivity contribution is -0.146. The van der Waals surface area contributed by atoms with E-state index in [9.17, 15) is 0 Å². The van der Waals surface area contributed by atoms with Gasteiger partial charge in [-0.25, -0.2) is 9.29 Å². The molecule has 4 heteroatoms. The maximum atomic E-state index is 15.7. The second-order valence-electron chi connectivity index (χ2n) is 8.90. The normalized spacial score (nSPS) is 31.5. The van der Waals surface area contributed by atoms with Crippen LogP contribution in [0.15, 0.2) is 30.3 Å². The van der Waals surface area contributed by atoms with Crippen molar-refractivity contribution in [2.24, 2.45) is 0 Å². The van der Waals surface area contributed by atoms with Crippen LogP contribution >= 0.6 is 0 Å². The Morgan fingerprint density at radius 1 is 0.852 bits per heavy atom. The number of likely N-dealkylation sites (tertiary alicyclic amines) is 1. The summed E-state index contributed by atoms with van der Waals surface area (Å²) in [6.45, 7) is 4.32. The zero-order valence-corrected chi connectivity index (χ0v) is 17.0. The van der Waals surface area contributed by atoms with Crippen molar-refractivity contribution in [3.63, 3.8) is 0 Å². The summed E-state index contributed by atoms with van der Waals surface area (Å²) in [6, 6.07) is 10.9. The van der Waals surface area contributed by atoms with Gasteiger partial charge in [0, 0.05) is 26.2 Å². The van der Waals surface area contributed by atoms with Crippen molar-refractivity contribution in [1.29, 1.82) is 0 Å². The summed E-state index contributed by atoms with van der Waals surface area (Å²) in [4.78, 5) is 7.33. The predicted molar refractivity (Wildman–Crippen MR) is 109 cm³/mol. The molecule has 150 valence electrons. The molecule has 0 bridgehead atoms. The molecule has 1 saturated carbocycles. The van der Waals surface area contributed by atoms with Gasteiger partial charge in [-0.05, 0) is 44.7 Å². The van der Waals surface area contributed by atoms with Crippen LogP contribution in [0, 0.1) is 0 Å². The molecule has 0 radical (unpaired) electrons. The highest BCUT2D eigenvalue weighted by molar-refractivity contribution is 5.26. The molecule has 1 aromatic rings. The first-order valence-corrected chi connectivity index (χ1v) is 11.1. The Kier molecular flexibility index (Phi) is 6.15. The van der Waals surface area contributed by atoms with Crippen molar-refractivity contribution in [2.75, 3.05) is 33.2 Å². The molecule has 3 nitrogen and oxygen atoms in total. The van der Waals surface area contributed by atoms with Crippen molar-refractivity contribution in [1.82, 2.24) is 14.7 Å². The second-order valence-corrected chi connectivity index (χ2v) is 8.90. The molecule has 2 heterocycles. The maximum Gasteiger partial charge on any atom is 0.155 e. The molecule has 1 aromatic carbocycles. The number of piperidine rings is 1. The van der Waals surface area contributed by atoms with Crippen LogP contribution in [-0.4, -0.2) is 60.4 Å². The van der Waals surface area contributed by atoms with Crippen molar-refractivity contribution >= 4 is 0 Å². The summed E-state index contributed by atoms with van der Waals surface area (Å²) in [6.07, 6.45) is 9.46. The van der Waals surface area contributed by atoms with E-state index in [1.54, 1.807) is 0 Å². The minimum atomic E-state index is -0.818. The van der Waals surface area contributed by atoms with Gasteiger partial charge < -0.3 is 4.90 Å². The molecule has 3 fully saturated rings. The Bertz CT molecular complexity index is 577. The first-order valence-electron chi connectivity index (χ1n) is 11.1. The van der Waals surface area contributed by atoms with Crippen LogP contribution in [0.5, 0.6) is 0 Å². The standard InChI is InChI=1S/C23H36FN3/c1-25-16-18-26(19-17-25)22-13-9-12-21(24)27(22)23(14-7-2-3-8-15-23)20-10-5-4-6-11-20/h4-6,10-11,21-22H,2-3,7-9,12-19H2,1H3. The van der Waals surface area contributed by atoms with Gasteiger partial charge in [0.05, 0.1) is 11.7 Å². The smallest absolute Gasteiger partial charge is 0.155 e. The van der Waals surface area contributed by atoms with Crippen LogP contribution < -0.4 is 0 Å². The molecule has 0 aromatic heterocycles. The highest BCUT2D eigenvalue weighted by atomic mass is 19.1. The van der Waals surface area contributed by atoms with Crippen LogP contribution in [0.2, 0.25) is 0 Å². The Hall–Kier alpha value is -0.970. The molecule has 0 amide bonds. The minimum Gasteiger partial charge on any atom is -0.304 e. The number of hydrogen-bond acceptors (Lipinski definition) is 3. The van der Waals surface area contributed by atoms with Gasteiger partial charge in [0.15, 0.2) is 6.30 Å². The molecule has 2 atom stereocenters. The summed E-state index contributed by atoms with van der Waals surface area (Å²) < 4.78 is 15.7. The molecule has 0 N–H and O–H groups in total. The van der Waals surface area contributed by atoms with Crippen LogP contribution in [-0.2, 0) is 5.54 Å². The zero-order chi connectivity index (χ0) is 18.7. The Labute approximate surface area is 164 Å². The van der Waals surface area contributed by atoms with Gasteiger partial charge in [-0.1, -0.05) is 56.0 Å². The van der Waals surface area contributed by atoms with E-state index < -0.39 is 6.30 Å². The van der Waals surface area contributed by atoms with E-state index in [4.69, 9.17) is 0 Å². The van der Waals surface area contributed by atoms with E-state index in [-0.39, 0.29) is 11.7 Å². The van der Waals surface area contributed by atoms with E-state index >= 15 is 4.39 Å². The van der Waals surface area contributed by atoms with Gasteiger partial charge >= 0.3 is 0 Å². The Morgan fingerprint density at radius 3 is 2.19 bits per heavy atom. The van der Waals surface area contributed by atoms with E-state index in [0.717, 1.165) is 51.9 Å². The molecule has 2 saturated heterocycles. The van der Waals surface area contributed by atoms with Crippen LogP contribution in [0.1, 0.15) is 63.4 Å². The van der Waals surface area contributed by atoms with E-state index in [0.29, 0.717) is 6.42 Å². The first-order chi connectivity index (χ1) is 13.2. The average Bonchev–Trinajstić information content (AvgIpc) is 2.96. The number of piperazine rings is 1. The molecular weight excluding hydrogens is 337 g/mol. The highest BCUT2D eigenvalue weighted by Gasteiger charge is 2.48. The van der Waals surface area contributed by atoms with Gasteiger partial charge in [0.1, 0.15) is 0 Å². The van der Waals surface area contributed by atoms with E-state index in [1.807, 2.05) is 0 Å². The summed E-state index contributed by atoms with van der Waals surface area (Å²) in [5, 5.41) is 0. The third-order valence-corrected chi connectivity index (χ3v) is 7.22. The summed E-state index contributed by atoms with van der Waals surface area (Å²) in [5.74, 6) is 0. The first kappa shape index (κ1) is 19.4. The van der Waals surface area contributed by atoms with Gasteiger partial charge in [0.2, 0.25) is 0 Å². The average molecular weight is 374 g/mol. The number of rotatable bonds is 3. The molecule has 0 spiro atoms. The molecule has 3 aliphatic rings. The molecule has 4 rings (SSSR count). The minimum absolute atomic E-state index is 0.133. The number of benzene rings is 1. The lowest BCUT2D eigenvalue weighted by Gasteiger charge is -2.55. The number of alkyl halides is 1. The van der Waals surface area contributed by atoms with Crippen LogP contribution in [0.25, 0.3) is 0 Å². The lowest BCUT2D eigenvalue weighted by Crippen LogP contribution is -2.64. The molecule has 2 aliphatic heterocycles. The molecular formula is C23H36FN3. The summed E-state index contributed by atoms with van der Waals surface area (Å²) >= 11 is 0. The molecule has 27 heavy (non-hydrogen) atoms. The number of halogens is 1. The molecule has 1 aliphatic carbocycles. The quantitative estimate of drug-likeness (QED) is 0.567.